The standard InChI is InChI=1S/C16H20N2O3/c1-2-13-10-18-16(21-13)11-17-9-12-4-5-14-15(8-12)20-7-3-6-19-14/h4-5,8,10,17H,2-3,6-7,9,11H2,1H3. The fourth-order valence-corrected chi connectivity index (χ4v) is 2.22. The average molecular weight is 288 g/mol. The van der Waals surface area contributed by atoms with Crippen LogP contribution in [0.4, 0.5) is 0 Å². The largest absolute Gasteiger partial charge is 0.490 e. The highest BCUT2D eigenvalue weighted by Crippen LogP contribution is 2.30. The molecule has 2 aromatic rings. The zero-order valence-corrected chi connectivity index (χ0v) is 12.2. The molecule has 1 aromatic carbocycles. The Bertz CT molecular complexity index is 595. The van der Waals surface area contributed by atoms with Crippen LogP contribution in [0, 0.1) is 0 Å². The molecule has 2 heterocycles. The summed E-state index contributed by atoms with van der Waals surface area (Å²) in [5.74, 6) is 3.30. The molecule has 0 aliphatic carbocycles. The Kier molecular flexibility index (Phi) is 4.40. The molecule has 0 radical (unpaired) electrons. The summed E-state index contributed by atoms with van der Waals surface area (Å²) in [6.07, 6.45) is 3.58. The Morgan fingerprint density at radius 2 is 2.00 bits per heavy atom. The van der Waals surface area contributed by atoms with Crippen LogP contribution >= 0.6 is 0 Å². The van der Waals surface area contributed by atoms with Gasteiger partial charge in [-0.3, -0.25) is 0 Å². The normalized spacial score (nSPS) is 14.0. The maximum Gasteiger partial charge on any atom is 0.208 e. The van der Waals surface area contributed by atoms with Gasteiger partial charge in [-0.05, 0) is 17.7 Å². The Labute approximate surface area is 124 Å². The van der Waals surface area contributed by atoms with Crippen LogP contribution in [0.2, 0.25) is 0 Å². The molecule has 0 bridgehead atoms. The van der Waals surface area contributed by atoms with E-state index < -0.39 is 0 Å². The lowest BCUT2D eigenvalue weighted by Crippen LogP contribution is -2.13. The minimum absolute atomic E-state index is 0.619. The van der Waals surface area contributed by atoms with Crippen molar-refractivity contribution in [3.05, 3.63) is 41.6 Å². The quantitative estimate of drug-likeness (QED) is 0.916. The van der Waals surface area contributed by atoms with Crippen LogP contribution in [-0.4, -0.2) is 18.2 Å². The van der Waals surface area contributed by atoms with Gasteiger partial charge < -0.3 is 19.2 Å². The molecule has 1 aromatic heterocycles. The Morgan fingerprint density at radius 3 is 2.81 bits per heavy atom. The minimum Gasteiger partial charge on any atom is -0.490 e. The number of hydrogen-bond acceptors (Lipinski definition) is 5. The van der Waals surface area contributed by atoms with Crippen molar-refractivity contribution < 1.29 is 13.9 Å². The van der Waals surface area contributed by atoms with Crippen molar-refractivity contribution in [2.45, 2.75) is 32.9 Å². The molecule has 21 heavy (non-hydrogen) atoms. The zero-order valence-electron chi connectivity index (χ0n) is 12.2. The van der Waals surface area contributed by atoms with E-state index >= 15 is 0 Å². The van der Waals surface area contributed by atoms with Gasteiger partial charge in [-0.25, -0.2) is 4.98 Å². The van der Waals surface area contributed by atoms with Crippen molar-refractivity contribution in [3.63, 3.8) is 0 Å². The molecule has 0 amide bonds. The molecule has 0 atom stereocenters. The SMILES string of the molecule is CCc1cnc(CNCc2ccc3c(c2)OCCCO3)o1. The van der Waals surface area contributed by atoms with E-state index in [0.29, 0.717) is 19.8 Å². The summed E-state index contributed by atoms with van der Waals surface area (Å²) in [5, 5.41) is 3.33. The number of nitrogens with one attached hydrogen (secondary N) is 1. The number of fused-ring (bicyclic) bond motifs is 1. The van der Waals surface area contributed by atoms with Gasteiger partial charge in [-0.2, -0.15) is 0 Å². The van der Waals surface area contributed by atoms with E-state index in [1.165, 1.54) is 0 Å². The van der Waals surface area contributed by atoms with Crippen molar-refractivity contribution in [1.82, 2.24) is 10.3 Å². The smallest absolute Gasteiger partial charge is 0.208 e. The molecule has 0 saturated heterocycles. The second-order valence-electron chi connectivity index (χ2n) is 5.01. The summed E-state index contributed by atoms with van der Waals surface area (Å²) in [4.78, 5) is 4.23. The average Bonchev–Trinajstić information content (AvgIpc) is 2.84. The molecule has 1 aliphatic heterocycles. The monoisotopic (exact) mass is 288 g/mol. The summed E-state index contributed by atoms with van der Waals surface area (Å²) in [6, 6.07) is 6.05. The molecule has 5 heteroatoms. The zero-order chi connectivity index (χ0) is 14.5. The Balaban J connectivity index is 1.56. The van der Waals surface area contributed by atoms with E-state index in [4.69, 9.17) is 13.9 Å². The fourth-order valence-electron chi connectivity index (χ4n) is 2.22. The molecule has 0 unspecified atom stereocenters. The fraction of sp³-hybridized carbons (Fsp3) is 0.438. The third-order valence-electron chi connectivity index (χ3n) is 3.37. The lowest BCUT2D eigenvalue weighted by atomic mass is 10.2. The van der Waals surface area contributed by atoms with Crippen LogP contribution < -0.4 is 14.8 Å². The van der Waals surface area contributed by atoms with Crippen LogP contribution in [-0.2, 0) is 19.5 Å². The van der Waals surface area contributed by atoms with Gasteiger partial charge in [0.05, 0.1) is 26.0 Å². The number of benzene rings is 1. The number of hydrogen-bond donors (Lipinski definition) is 1. The summed E-state index contributed by atoms with van der Waals surface area (Å²) in [5.41, 5.74) is 1.15. The number of ether oxygens (including phenoxy) is 2. The predicted octanol–water partition coefficient (Wildman–Crippen LogP) is 2.69. The third-order valence-corrected chi connectivity index (χ3v) is 3.37. The molecule has 5 nitrogen and oxygen atoms in total. The molecule has 0 spiro atoms. The van der Waals surface area contributed by atoms with Crippen molar-refractivity contribution in [1.29, 1.82) is 0 Å². The molecular formula is C16H20N2O3. The first-order valence-electron chi connectivity index (χ1n) is 7.38. The summed E-state index contributed by atoms with van der Waals surface area (Å²) in [6.45, 7) is 4.83. The van der Waals surface area contributed by atoms with Crippen molar-refractivity contribution in [3.8, 4) is 11.5 Å². The van der Waals surface area contributed by atoms with E-state index in [0.717, 1.165) is 48.1 Å². The van der Waals surface area contributed by atoms with Crippen LogP contribution in [0.1, 0.15) is 30.6 Å². The summed E-state index contributed by atoms with van der Waals surface area (Å²) in [7, 11) is 0. The molecule has 112 valence electrons. The predicted molar refractivity (Wildman–Crippen MR) is 78.5 cm³/mol. The highest BCUT2D eigenvalue weighted by molar-refractivity contribution is 5.43. The van der Waals surface area contributed by atoms with Crippen LogP contribution in [0.15, 0.2) is 28.8 Å². The first kappa shape index (κ1) is 13.9. The molecule has 0 saturated carbocycles. The van der Waals surface area contributed by atoms with E-state index in [2.05, 4.69) is 17.2 Å². The highest BCUT2D eigenvalue weighted by Gasteiger charge is 2.10. The number of nitrogens with zero attached hydrogens (tertiary/aromatic N) is 1. The van der Waals surface area contributed by atoms with Gasteiger partial charge in [0, 0.05) is 19.4 Å². The number of aromatic nitrogens is 1. The van der Waals surface area contributed by atoms with Gasteiger partial charge in [-0.1, -0.05) is 13.0 Å². The van der Waals surface area contributed by atoms with Crippen LogP contribution in [0.5, 0.6) is 11.5 Å². The highest BCUT2D eigenvalue weighted by atomic mass is 16.5. The molecular weight excluding hydrogens is 268 g/mol. The number of aryl methyl sites for hydroxylation is 1. The maximum atomic E-state index is 5.69. The topological polar surface area (TPSA) is 56.5 Å². The molecule has 3 rings (SSSR count). The van der Waals surface area contributed by atoms with E-state index in [1.807, 2.05) is 18.2 Å². The van der Waals surface area contributed by atoms with Crippen molar-refractivity contribution in [2.75, 3.05) is 13.2 Å². The summed E-state index contributed by atoms with van der Waals surface area (Å²) < 4.78 is 16.9. The van der Waals surface area contributed by atoms with E-state index in [1.54, 1.807) is 6.20 Å². The lowest BCUT2D eigenvalue weighted by molar-refractivity contribution is 0.297. The van der Waals surface area contributed by atoms with Crippen LogP contribution in [0.25, 0.3) is 0 Å². The van der Waals surface area contributed by atoms with Gasteiger partial charge in [-0.15, -0.1) is 0 Å². The lowest BCUT2D eigenvalue weighted by Gasteiger charge is -2.09. The number of rotatable bonds is 5. The Morgan fingerprint density at radius 1 is 1.14 bits per heavy atom. The molecule has 1 N–H and O–H groups in total. The van der Waals surface area contributed by atoms with E-state index in [-0.39, 0.29) is 0 Å². The second kappa shape index (κ2) is 6.63. The third kappa shape index (κ3) is 3.55. The summed E-state index contributed by atoms with van der Waals surface area (Å²) >= 11 is 0. The molecule has 0 fully saturated rings. The first-order valence-corrected chi connectivity index (χ1v) is 7.38. The van der Waals surface area contributed by atoms with Gasteiger partial charge in [0.2, 0.25) is 5.89 Å². The van der Waals surface area contributed by atoms with Gasteiger partial charge in [0.25, 0.3) is 0 Å². The molecule has 1 aliphatic rings. The van der Waals surface area contributed by atoms with Crippen molar-refractivity contribution in [2.24, 2.45) is 0 Å². The van der Waals surface area contributed by atoms with Crippen molar-refractivity contribution >= 4 is 0 Å². The van der Waals surface area contributed by atoms with Crippen LogP contribution in [0.3, 0.4) is 0 Å². The van der Waals surface area contributed by atoms with E-state index in [9.17, 15) is 0 Å². The maximum absolute atomic E-state index is 5.69. The Hall–Kier alpha value is -2.01. The van der Waals surface area contributed by atoms with Gasteiger partial charge in [0.15, 0.2) is 11.5 Å². The number of oxazole rings is 1. The van der Waals surface area contributed by atoms with Gasteiger partial charge >= 0.3 is 0 Å². The first-order chi connectivity index (χ1) is 10.3. The minimum atomic E-state index is 0.619. The second-order valence-corrected chi connectivity index (χ2v) is 5.01. The van der Waals surface area contributed by atoms with Gasteiger partial charge in [0.1, 0.15) is 5.76 Å².